The first-order chi connectivity index (χ1) is 8.33. The highest BCUT2D eigenvalue weighted by molar-refractivity contribution is 9.10. The van der Waals surface area contributed by atoms with Crippen molar-refractivity contribution in [2.75, 3.05) is 6.61 Å². The number of Topliss-reactive ketones (excluding diaryl/α,β-unsaturated/α-hetero) is 1. The molecule has 0 aliphatic carbocycles. The molecule has 100 valence electrons. The van der Waals surface area contributed by atoms with E-state index in [0.717, 1.165) is 6.42 Å². The van der Waals surface area contributed by atoms with Crippen LogP contribution in [0.25, 0.3) is 0 Å². The van der Waals surface area contributed by atoms with Gasteiger partial charge in [-0.25, -0.2) is 0 Å². The van der Waals surface area contributed by atoms with Gasteiger partial charge in [0.15, 0.2) is 5.78 Å². The molecule has 0 atom stereocenters. The van der Waals surface area contributed by atoms with Gasteiger partial charge in [-0.3, -0.25) is 4.79 Å². The van der Waals surface area contributed by atoms with Gasteiger partial charge >= 0.3 is 6.18 Å². The first-order valence-corrected chi connectivity index (χ1v) is 6.15. The second-order valence-corrected chi connectivity index (χ2v) is 4.56. The molecule has 1 aromatic carbocycles. The van der Waals surface area contributed by atoms with Gasteiger partial charge in [0.05, 0.1) is 11.1 Å². The van der Waals surface area contributed by atoms with Gasteiger partial charge in [-0.15, -0.1) is 0 Å². The van der Waals surface area contributed by atoms with Gasteiger partial charge in [0, 0.05) is 5.56 Å². The molecule has 0 unspecified atom stereocenters. The number of hydrogen-bond acceptors (Lipinski definition) is 2. The molecule has 0 fully saturated rings. The first-order valence-electron chi connectivity index (χ1n) is 5.36. The van der Waals surface area contributed by atoms with Crippen molar-refractivity contribution < 1.29 is 22.7 Å². The summed E-state index contributed by atoms with van der Waals surface area (Å²) in [6.07, 6.45) is -5.11. The van der Waals surface area contributed by atoms with Crippen LogP contribution in [0.5, 0.6) is 5.75 Å². The predicted octanol–water partition coefficient (Wildman–Crippen LogP) is 4.37. The largest absolute Gasteiger partial charge is 0.492 e. The number of alkyl halides is 3. The van der Waals surface area contributed by atoms with Crippen molar-refractivity contribution in [2.45, 2.75) is 25.9 Å². The van der Waals surface area contributed by atoms with E-state index in [0.29, 0.717) is 16.8 Å². The van der Waals surface area contributed by atoms with E-state index in [-0.39, 0.29) is 5.56 Å². The molecule has 0 amide bonds. The normalized spacial score (nSPS) is 11.4. The summed E-state index contributed by atoms with van der Waals surface area (Å²) in [6.45, 7) is 2.45. The number of benzene rings is 1. The average molecular weight is 325 g/mol. The van der Waals surface area contributed by atoms with Crippen LogP contribution in [0.2, 0.25) is 0 Å². The Bertz CT molecular complexity index is 430. The van der Waals surface area contributed by atoms with Crippen LogP contribution < -0.4 is 4.74 Å². The maximum absolute atomic E-state index is 12.1. The van der Waals surface area contributed by atoms with Gasteiger partial charge in [0.2, 0.25) is 0 Å². The van der Waals surface area contributed by atoms with E-state index in [1.807, 2.05) is 6.92 Å². The second-order valence-electron chi connectivity index (χ2n) is 3.71. The number of ketones is 1. The third-order valence-corrected chi connectivity index (χ3v) is 2.70. The average Bonchev–Trinajstić information content (AvgIpc) is 2.25. The lowest BCUT2D eigenvalue weighted by molar-refractivity contribution is -0.125. The standard InChI is InChI=1S/C12H12BrF3O2/c1-2-5-18-11-4-3-8(6-9(11)13)10(17)7-12(14,15)16/h3-4,6H,2,5,7H2,1H3. The fourth-order valence-corrected chi connectivity index (χ4v) is 1.78. The molecule has 0 aromatic heterocycles. The third-order valence-electron chi connectivity index (χ3n) is 2.08. The quantitative estimate of drug-likeness (QED) is 0.751. The third kappa shape index (κ3) is 4.68. The molecular weight excluding hydrogens is 313 g/mol. The molecule has 2 nitrogen and oxygen atoms in total. The fourth-order valence-electron chi connectivity index (χ4n) is 1.29. The Hall–Kier alpha value is -1.04. The summed E-state index contributed by atoms with van der Waals surface area (Å²) in [5, 5.41) is 0. The number of hydrogen-bond donors (Lipinski definition) is 0. The van der Waals surface area contributed by atoms with Crippen LogP contribution in [0.15, 0.2) is 22.7 Å². The van der Waals surface area contributed by atoms with Gasteiger partial charge in [0.25, 0.3) is 0 Å². The van der Waals surface area contributed by atoms with Crippen LogP contribution in [0.4, 0.5) is 13.2 Å². The number of halogens is 4. The van der Waals surface area contributed by atoms with Crippen molar-refractivity contribution in [2.24, 2.45) is 0 Å². The van der Waals surface area contributed by atoms with Crippen LogP contribution in [-0.4, -0.2) is 18.6 Å². The molecular formula is C12H12BrF3O2. The molecule has 0 spiro atoms. The van der Waals surface area contributed by atoms with Gasteiger partial charge in [-0.1, -0.05) is 6.92 Å². The zero-order chi connectivity index (χ0) is 13.8. The Morgan fingerprint density at radius 3 is 2.56 bits per heavy atom. The minimum Gasteiger partial charge on any atom is -0.492 e. The summed E-state index contributed by atoms with van der Waals surface area (Å²) in [6, 6.07) is 4.17. The summed E-state index contributed by atoms with van der Waals surface area (Å²) >= 11 is 3.17. The molecule has 0 aliphatic heterocycles. The Balaban J connectivity index is 2.80. The Kier molecular flexibility index (Phi) is 5.19. The second kappa shape index (κ2) is 6.22. The van der Waals surface area contributed by atoms with Crippen LogP contribution in [0, 0.1) is 0 Å². The highest BCUT2D eigenvalue weighted by atomic mass is 79.9. The molecule has 1 rings (SSSR count). The van der Waals surface area contributed by atoms with Crippen molar-refractivity contribution in [3.63, 3.8) is 0 Å². The zero-order valence-electron chi connectivity index (χ0n) is 9.68. The van der Waals surface area contributed by atoms with E-state index in [4.69, 9.17) is 4.74 Å². The highest BCUT2D eigenvalue weighted by Gasteiger charge is 2.31. The summed E-state index contributed by atoms with van der Waals surface area (Å²) in [5.74, 6) is -0.439. The van der Waals surface area contributed by atoms with E-state index >= 15 is 0 Å². The Morgan fingerprint density at radius 2 is 2.06 bits per heavy atom. The summed E-state index contributed by atoms with van der Waals surface area (Å²) in [7, 11) is 0. The first kappa shape index (κ1) is 15.0. The van der Waals surface area contributed by atoms with Crippen molar-refractivity contribution in [1.82, 2.24) is 0 Å². The van der Waals surface area contributed by atoms with Gasteiger partial charge in [-0.2, -0.15) is 13.2 Å². The van der Waals surface area contributed by atoms with E-state index in [9.17, 15) is 18.0 Å². The SMILES string of the molecule is CCCOc1ccc(C(=O)CC(F)(F)F)cc1Br. The lowest BCUT2D eigenvalue weighted by Crippen LogP contribution is -2.15. The molecule has 0 bridgehead atoms. The number of rotatable bonds is 5. The highest BCUT2D eigenvalue weighted by Crippen LogP contribution is 2.28. The molecule has 0 saturated heterocycles. The number of carbonyl (C=O) groups excluding carboxylic acids is 1. The molecule has 0 radical (unpaired) electrons. The fraction of sp³-hybridized carbons (Fsp3) is 0.417. The summed E-state index contributed by atoms with van der Waals surface area (Å²) in [5.41, 5.74) is 0.0167. The van der Waals surface area contributed by atoms with Gasteiger partial charge in [-0.05, 0) is 40.5 Å². The predicted molar refractivity (Wildman–Crippen MR) is 64.9 cm³/mol. The van der Waals surface area contributed by atoms with Crippen LogP contribution in [0.3, 0.4) is 0 Å². The smallest absolute Gasteiger partial charge is 0.396 e. The van der Waals surface area contributed by atoms with Crippen LogP contribution in [-0.2, 0) is 0 Å². The lowest BCUT2D eigenvalue weighted by atomic mass is 10.1. The molecule has 0 saturated carbocycles. The van der Waals surface area contributed by atoms with E-state index in [1.165, 1.54) is 18.2 Å². The maximum Gasteiger partial charge on any atom is 0.396 e. The van der Waals surface area contributed by atoms with E-state index < -0.39 is 18.4 Å². The van der Waals surface area contributed by atoms with E-state index in [2.05, 4.69) is 15.9 Å². The van der Waals surface area contributed by atoms with Crippen molar-refractivity contribution >= 4 is 21.7 Å². The molecule has 1 aromatic rings. The molecule has 0 N–H and O–H groups in total. The topological polar surface area (TPSA) is 26.3 Å². The van der Waals surface area contributed by atoms with Crippen molar-refractivity contribution in [3.8, 4) is 5.75 Å². The minimum atomic E-state index is -4.49. The van der Waals surface area contributed by atoms with Crippen LogP contribution >= 0.6 is 15.9 Å². The van der Waals surface area contributed by atoms with E-state index in [1.54, 1.807) is 0 Å². The monoisotopic (exact) mass is 324 g/mol. The molecule has 0 aliphatic rings. The molecule has 0 heterocycles. The maximum atomic E-state index is 12.1. The minimum absolute atomic E-state index is 0.0167. The van der Waals surface area contributed by atoms with Gasteiger partial charge < -0.3 is 4.74 Å². The summed E-state index contributed by atoms with van der Waals surface area (Å²) in [4.78, 5) is 11.4. The lowest BCUT2D eigenvalue weighted by Gasteiger charge is -2.09. The van der Waals surface area contributed by atoms with Crippen LogP contribution in [0.1, 0.15) is 30.1 Å². The van der Waals surface area contributed by atoms with Crippen molar-refractivity contribution in [3.05, 3.63) is 28.2 Å². The van der Waals surface area contributed by atoms with Crippen molar-refractivity contribution in [1.29, 1.82) is 0 Å². The number of carbonyl (C=O) groups is 1. The van der Waals surface area contributed by atoms with Gasteiger partial charge in [0.1, 0.15) is 12.2 Å². The summed E-state index contributed by atoms with van der Waals surface area (Å²) < 4.78 is 42.1. The zero-order valence-corrected chi connectivity index (χ0v) is 11.3. The number of ether oxygens (including phenoxy) is 1. The molecule has 18 heavy (non-hydrogen) atoms. The Labute approximate surface area is 111 Å². The molecule has 6 heteroatoms. The Morgan fingerprint density at radius 1 is 1.39 bits per heavy atom.